The zero-order valence-corrected chi connectivity index (χ0v) is 13.0. The number of rotatable bonds is 5. The Labute approximate surface area is 128 Å². The summed E-state index contributed by atoms with van der Waals surface area (Å²) in [5, 5.41) is 0. The van der Waals surface area contributed by atoms with Crippen LogP contribution in [-0.4, -0.2) is 39.3 Å². The number of halogens is 1. The van der Waals surface area contributed by atoms with Gasteiger partial charge in [0.25, 0.3) is 0 Å². The van der Waals surface area contributed by atoms with Gasteiger partial charge in [0.2, 0.25) is 5.88 Å². The first-order valence-corrected chi connectivity index (χ1v) is 7.73. The van der Waals surface area contributed by atoms with Crippen LogP contribution in [0.2, 0.25) is 0 Å². The maximum Gasteiger partial charge on any atom is 0.245 e. The largest absolute Gasteiger partial charge is 0.479 e. The lowest BCUT2D eigenvalue weighted by Crippen LogP contribution is -2.21. The third-order valence-electron chi connectivity index (χ3n) is 4.06. The number of hydrogen-bond donors (Lipinski definition) is 0. The quantitative estimate of drug-likeness (QED) is 0.794. The molecule has 0 N–H and O–H groups in total. The van der Waals surface area contributed by atoms with Crippen molar-refractivity contribution < 1.29 is 9.47 Å². The van der Waals surface area contributed by atoms with Crippen LogP contribution in [0, 0.1) is 5.92 Å². The highest BCUT2D eigenvalue weighted by Gasteiger charge is 2.29. The zero-order chi connectivity index (χ0) is 14.8. The predicted octanol–water partition coefficient (Wildman–Crippen LogP) is 2.39. The van der Waals surface area contributed by atoms with Crippen LogP contribution in [0.4, 0.5) is 0 Å². The summed E-state index contributed by atoms with van der Waals surface area (Å²) in [7, 11) is 1.58. The lowest BCUT2D eigenvalue weighted by molar-refractivity contribution is 0.0836. The predicted molar refractivity (Wildman–Crippen MR) is 79.6 cm³/mol. The van der Waals surface area contributed by atoms with Crippen molar-refractivity contribution in [3.63, 3.8) is 0 Å². The van der Waals surface area contributed by atoms with Crippen molar-refractivity contribution in [1.82, 2.24) is 19.5 Å². The highest BCUT2D eigenvalue weighted by atomic mass is 35.5. The second kappa shape index (κ2) is 6.15. The molecule has 0 spiro atoms. The van der Waals surface area contributed by atoms with Crippen molar-refractivity contribution in [2.24, 2.45) is 5.92 Å². The van der Waals surface area contributed by atoms with Crippen LogP contribution in [0.3, 0.4) is 0 Å². The Balaban J connectivity index is 2.00. The molecule has 0 bridgehead atoms. The second-order valence-electron chi connectivity index (χ2n) is 5.19. The summed E-state index contributed by atoms with van der Waals surface area (Å²) < 4.78 is 13.1. The Morgan fingerprint density at radius 3 is 3.05 bits per heavy atom. The maximum absolute atomic E-state index is 6.05. The Hall–Kier alpha value is -1.40. The molecule has 6 nitrogen and oxygen atoms in total. The van der Waals surface area contributed by atoms with E-state index in [-0.39, 0.29) is 0 Å². The Kier molecular flexibility index (Phi) is 4.26. The van der Waals surface area contributed by atoms with E-state index in [0.717, 1.165) is 37.5 Å². The number of nitrogens with zero attached hydrogens (tertiary/aromatic N) is 4. The molecule has 0 aliphatic carbocycles. The van der Waals surface area contributed by atoms with Crippen molar-refractivity contribution >= 4 is 22.8 Å². The van der Waals surface area contributed by atoms with E-state index in [1.807, 2.05) is 0 Å². The molecule has 1 saturated heterocycles. The topological polar surface area (TPSA) is 62.1 Å². The van der Waals surface area contributed by atoms with Crippen molar-refractivity contribution in [3.8, 4) is 5.88 Å². The van der Waals surface area contributed by atoms with Crippen LogP contribution in [0.25, 0.3) is 11.2 Å². The van der Waals surface area contributed by atoms with E-state index in [2.05, 4.69) is 26.4 Å². The van der Waals surface area contributed by atoms with Gasteiger partial charge in [0.05, 0.1) is 19.1 Å². The molecule has 0 radical (unpaired) electrons. The average molecular weight is 311 g/mol. The summed E-state index contributed by atoms with van der Waals surface area (Å²) >= 11 is 6.05. The zero-order valence-electron chi connectivity index (χ0n) is 12.3. The molecule has 2 aromatic rings. The monoisotopic (exact) mass is 310 g/mol. The molecule has 1 fully saturated rings. The third kappa shape index (κ3) is 2.58. The van der Waals surface area contributed by atoms with E-state index in [0.29, 0.717) is 29.3 Å². The molecule has 1 aliphatic rings. The van der Waals surface area contributed by atoms with Gasteiger partial charge in [0.1, 0.15) is 12.2 Å². The number of hydrogen-bond acceptors (Lipinski definition) is 5. The maximum atomic E-state index is 6.05. The first-order valence-electron chi connectivity index (χ1n) is 7.20. The van der Waals surface area contributed by atoms with Gasteiger partial charge in [-0.3, -0.25) is 0 Å². The molecule has 2 aromatic heterocycles. The summed E-state index contributed by atoms with van der Waals surface area (Å²) in [6, 6.07) is 0. The molecule has 3 heterocycles. The number of imidazole rings is 1. The smallest absolute Gasteiger partial charge is 0.245 e. The minimum atomic E-state index is 0.300. The lowest BCUT2D eigenvalue weighted by atomic mass is 9.99. The molecule has 0 aromatic carbocycles. The van der Waals surface area contributed by atoms with Gasteiger partial charge in [-0.15, -0.1) is 11.6 Å². The summed E-state index contributed by atoms with van der Waals surface area (Å²) in [5.41, 5.74) is 1.45. The molecule has 0 amide bonds. The van der Waals surface area contributed by atoms with Crippen LogP contribution in [0.1, 0.15) is 25.6 Å². The molecule has 3 rings (SSSR count). The number of ether oxygens (including phenoxy) is 2. The molecule has 1 aliphatic heterocycles. The molecule has 7 heteroatoms. The SMILES string of the molecule is CCC1OCCC1Cn1c(CCl)nc2c(OC)ncnc21. The summed E-state index contributed by atoms with van der Waals surface area (Å²) in [6.07, 6.45) is 3.88. The van der Waals surface area contributed by atoms with E-state index < -0.39 is 0 Å². The van der Waals surface area contributed by atoms with Gasteiger partial charge in [-0.2, -0.15) is 4.98 Å². The normalized spacial score (nSPS) is 22.0. The van der Waals surface area contributed by atoms with Gasteiger partial charge in [-0.25, -0.2) is 9.97 Å². The van der Waals surface area contributed by atoms with Crippen molar-refractivity contribution in [3.05, 3.63) is 12.2 Å². The molecule has 0 saturated carbocycles. The fourth-order valence-corrected chi connectivity index (χ4v) is 3.20. The summed E-state index contributed by atoms with van der Waals surface area (Å²) in [5.74, 6) is 2.09. The van der Waals surface area contributed by atoms with Crippen molar-refractivity contribution in [1.29, 1.82) is 0 Å². The Morgan fingerprint density at radius 2 is 2.33 bits per heavy atom. The Morgan fingerprint density at radius 1 is 1.48 bits per heavy atom. The fourth-order valence-electron chi connectivity index (χ4n) is 2.99. The van der Waals surface area contributed by atoms with Gasteiger partial charge >= 0.3 is 0 Å². The van der Waals surface area contributed by atoms with Crippen LogP contribution in [0.15, 0.2) is 6.33 Å². The molecule has 2 unspecified atom stereocenters. The second-order valence-corrected chi connectivity index (χ2v) is 5.46. The standard InChI is InChI=1S/C14H19ClN4O2/c1-3-10-9(4-5-21-10)7-19-11(6-15)18-12-13(19)16-8-17-14(12)20-2/h8-10H,3-7H2,1-2H3. The van der Waals surface area contributed by atoms with Crippen molar-refractivity contribution in [2.75, 3.05) is 13.7 Å². The number of methoxy groups -OCH3 is 1. The van der Waals surface area contributed by atoms with E-state index in [1.54, 1.807) is 7.11 Å². The average Bonchev–Trinajstić information content (AvgIpc) is 3.11. The van der Waals surface area contributed by atoms with Crippen LogP contribution in [0.5, 0.6) is 5.88 Å². The van der Waals surface area contributed by atoms with E-state index in [4.69, 9.17) is 21.1 Å². The van der Waals surface area contributed by atoms with Gasteiger partial charge < -0.3 is 14.0 Å². The first kappa shape index (κ1) is 14.5. The minimum Gasteiger partial charge on any atom is -0.479 e. The number of alkyl halides is 1. The van der Waals surface area contributed by atoms with E-state index in [1.165, 1.54) is 6.33 Å². The Bertz CT molecular complexity index is 631. The van der Waals surface area contributed by atoms with E-state index in [9.17, 15) is 0 Å². The van der Waals surface area contributed by atoms with Crippen molar-refractivity contribution in [2.45, 2.75) is 38.3 Å². The third-order valence-corrected chi connectivity index (χ3v) is 4.30. The molecule has 2 atom stereocenters. The van der Waals surface area contributed by atoms with Crippen LogP contribution in [-0.2, 0) is 17.2 Å². The molecule has 21 heavy (non-hydrogen) atoms. The summed E-state index contributed by atoms with van der Waals surface area (Å²) in [6.45, 7) is 3.80. The van der Waals surface area contributed by atoms with Crippen LogP contribution >= 0.6 is 11.6 Å². The minimum absolute atomic E-state index is 0.300. The van der Waals surface area contributed by atoms with E-state index >= 15 is 0 Å². The highest BCUT2D eigenvalue weighted by molar-refractivity contribution is 6.16. The first-order chi connectivity index (χ1) is 10.3. The van der Waals surface area contributed by atoms with Gasteiger partial charge in [0, 0.05) is 19.1 Å². The summed E-state index contributed by atoms with van der Waals surface area (Å²) in [4.78, 5) is 13.0. The highest BCUT2D eigenvalue weighted by Crippen LogP contribution is 2.29. The molecule has 114 valence electrons. The lowest BCUT2D eigenvalue weighted by Gasteiger charge is -2.18. The number of fused-ring (bicyclic) bond motifs is 1. The molecular formula is C14H19ClN4O2. The fraction of sp³-hybridized carbons (Fsp3) is 0.643. The van der Waals surface area contributed by atoms with Gasteiger partial charge in [0.15, 0.2) is 11.2 Å². The van der Waals surface area contributed by atoms with Gasteiger partial charge in [-0.05, 0) is 12.8 Å². The molecular weight excluding hydrogens is 292 g/mol. The van der Waals surface area contributed by atoms with Gasteiger partial charge in [-0.1, -0.05) is 6.92 Å². The van der Waals surface area contributed by atoms with Crippen LogP contribution < -0.4 is 4.74 Å². The number of aromatic nitrogens is 4.